The van der Waals surface area contributed by atoms with E-state index in [0.717, 1.165) is 22.3 Å². The first-order valence-electron chi connectivity index (χ1n) is 11.6. The van der Waals surface area contributed by atoms with E-state index in [9.17, 15) is 14.4 Å². The first kappa shape index (κ1) is 24.0. The van der Waals surface area contributed by atoms with Gasteiger partial charge in [0.15, 0.2) is 0 Å². The Morgan fingerprint density at radius 3 is 2.09 bits per heavy atom. The average molecular weight is 473 g/mol. The van der Waals surface area contributed by atoms with E-state index in [1.807, 2.05) is 30.3 Å². The summed E-state index contributed by atoms with van der Waals surface area (Å²) in [6.07, 6.45) is -0.753. The minimum atomic E-state index is -0.983. The fourth-order valence-electron chi connectivity index (χ4n) is 4.48. The first-order valence-corrected chi connectivity index (χ1v) is 11.6. The van der Waals surface area contributed by atoms with E-state index in [0.29, 0.717) is 5.69 Å². The zero-order valence-corrected chi connectivity index (χ0v) is 19.5. The molecule has 2 amide bonds. The fraction of sp³-hybridized carbons (Fsp3) is 0.250. The smallest absolute Gasteiger partial charge is 0.407 e. The van der Waals surface area contributed by atoms with Crippen molar-refractivity contribution in [3.8, 4) is 11.1 Å². The summed E-state index contributed by atoms with van der Waals surface area (Å²) in [6.45, 7) is 1.96. The highest BCUT2D eigenvalue weighted by Crippen LogP contribution is 2.44. The third-order valence-electron chi connectivity index (χ3n) is 6.11. The summed E-state index contributed by atoms with van der Waals surface area (Å²) in [5.74, 6) is -1.30. The van der Waals surface area contributed by atoms with Crippen LogP contribution in [-0.4, -0.2) is 42.3 Å². The Balaban J connectivity index is 1.34. The number of carbonyl (C=O) groups is 3. The number of benzene rings is 3. The predicted molar refractivity (Wildman–Crippen MR) is 133 cm³/mol. The molecule has 1 atom stereocenters. The molecule has 0 bridgehead atoms. The lowest BCUT2D eigenvalue weighted by molar-refractivity contribution is -0.136. The topological polar surface area (TPSA) is 95.9 Å². The Morgan fingerprint density at radius 1 is 0.914 bits per heavy atom. The van der Waals surface area contributed by atoms with Gasteiger partial charge in [0.05, 0.1) is 6.42 Å². The highest BCUT2D eigenvalue weighted by molar-refractivity contribution is 5.94. The number of carbonyl (C=O) groups excluding carboxylic acids is 2. The standard InChI is InChI=1S/C28H28N2O5/c1-19(17-26(31)30(16-15-27(32)33)20-9-3-2-4-10-20)29-28(34)35-18-25-23-13-7-5-11-21(23)22-12-6-8-14-24(22)25/h2-14,19,25H,15-18H2,1H3,(H,29,34)(H,32,33). The van der Waals surface area contributed by atoms with Crippen molar-refractivity contribution in [2.45, 2.75) is 31.7 Å². The van der Waals surface area contributed by atoms with Crippen LogP contribution in [0.4, 0.5) is 10.5 Å². The van der Waals surface area contributed by atoms with Crippen molar-refractivity contribution >= 4 is 23.7 Å². The zero-order chi connectivity index (χ0) is 24.8. The molecule has 0 heterocycles. The number of nitrogens with one attached hydrogen (secondary N) is 1. The Morgan fingerprint density at radius 2 is 1.49 bits per heavy atom. The Kier molecular flexibility index (Phi) is 7.45. The molecule has 3 aromatic rings. The number of aliphatic carboxylic acids is 1. The van der Waals surface area contributed by atoms with Crippen molar-refractivity contribution in [1.29, 1.82) is 0 Å². The molecule has 0 spiro atoms. The number of carboxylic acid groups (broad SMARTS) is 1. The van der Waals surface area contributed by atoms with Gasteiger partial charge in [0.1, 0.15) is 6.61 Å². The number of hydrogen-bond acceptors (Lipinski definition) is 4. The number of para-hydroxylation sites is 1. The van der Waals surface area contributed by atoms with Crippen LogP contribution in [-0.2, 0) is 14.3 Å². The van der Waals surface area contributed by atoms with Crippen molar-refractivity contribution in [3.63, 3.8) is 0 Å². The SMILES string of the molecule is CC(CC(=O)N(CCC(=O)O)c1ccccc1)NC(=O)OCC1c2ccccc2-c2ccccc21. The van der Waals surface area contributed by atoms with Crippen molar-refractivity contribution in [2.24, 2.45) is 0 Å². The Hall–Kier alpha value is -4.13. The number of amides is 2. The average Bonchev–Trinajstić information content (AvgIpc) is 3.17. The molecule has 3 aromatic carbocycles. The second-order valence-corrected chi connectivity index (χ2v) is 8.60. The first-order chi connectivity index (χ1) is 16.9. The molecule has 35 heavy (non-hydrogen) atoms. The minimum Gasteiger partial charge on any atom is -0.481 e. The normalized spacial score (nSPS) is 12.8. The van der Waals surface area contributed by atoms with E-state index >= 15 is 0 Å². The highest BCUT2D eigenvalue weighted by atomic mass is 16.5. The summed E-state index contributed by atoms with van der Waals surface area (Å²) in [5, 5.41) is 11.8. The molecule has 1 aliphatic rings. The summed E-state index contributed by atoms with van der Waals surface area (Å²) in [6, 6.07) is 24.6. The largest absolute Gasteiger partial charge is 0.481 e. The van der Waals surface area contributed by atoms with Crippen LogP contribution in [0.25, 0.3) is 11.1 Å². The van der Waals surface area contributed by atoms with Crippen LogP contribution in [0, 0.1) is 0 Å². The zero-order valence-electron chi connectivity index (χ0n) is 19.5. The summed E-state index contributed by atoms with van der Waals surface area (Å²) < 4.78 is 5.56. The second-order valence-electron chi connectivity index (χ2n) is 8.60. The molecular formula is C28H28N2O5. The minimum absolute atomic E-state index is 0.0126. The summed E-state index contributed by atoms with van der Waals surface area (Å²) in [4.78, 5) is 37.9. The van der Waals surface area contributed by atoms with E-state index in [2.05, 4.69) is 29.6 Å². The lowest BCUT2D eigenvalue weighted by Gasteiger charge is -2.24. The van der Waals surface area contributed by atoms with Crippen molar-refractivity contribution < 1.29 is 24.2 Å². The molecule has 0 saturated carbocycles. The van der Waals surface area contributed by atoms with Crippen molar-refractivity contribution in [3.05, 3.63) is 90.0 Å². The summed E-state index contributed by atoms with van der Waals surface area (Å²) in [5.41, 5.74) is 5.17. The highest BCUT2D eigenvalue weighted by Gasteiger charge is 2.29. The van der Waals surface area contributed by atoms with E-state index in [1.165, 1.54) is 4.90 Å². The monoisotopic (exact) mass is 472 g/mol. The number of ether oxygens (including phenoxy) is 1. The van der Waals surface area contributed by atoms with Crippen LogP contribution in [0.5, 0.6) is 0 Å². The molecule has 4 rings (SSSR count). The van der Waals surface area contributed by atoms with Gasteiger partial charge < -0.3 is 20.1 Å². The number of rotatable bonds is 9. The van der Waals surface area contributed by atoms with E-state index in [1.54, 1.807) is 31.2 Å². The molecule has 1 aliphatic carbocycles. The second kappa shape index (κ2) is 10.9. The van der Waals surface area contributed by atoms with Gasteiger partial charge >= 0.3 is 12.1 Å². The lowest BCUT2D eigenvalue weighted by Crippen LogP contribution is -2.40. The van der Waals surface area contributed by atoms with Gasteiger partial charge in [0.25, 0.3) is 0 Å². The maximum Gasteiger partial charge on any atom is 0.407 e. The van der Waals surface area contributed by atoms with Crippen LogP contribution in [0.2, 0.25) is 0 Å². The molecule has 0 radical (unpaired) electrons. The van der Waals surface area contributed by atoms with E-state index in [-0.39, 0.29) is 37.8 Å². The molecule has 1 unspecified atom stereocenters. The Labute approximate surface area is 204 Å². The third-order valence-corrected chi connectivity index (χ3v) is 6.11. The van der Waals surface area contributed by atoms with Crippen LogP contribution in [0.1, 0.15) is 36.8 Å². The van der Waals surface area contributed by atoms with Crippen LogP contribution in [0.15, 0.2) is 78.9 Å². The number of alkyl carbamates (subject to hydrolysis) is 1. The van der Waals surface area contributed by atoms with E-state index in [4.69, 9.17) is 9.84 Å². The predicted octanol–water partition coefficient (Wildman–Crippen LogP) is 4.81. The van der Waals surface area contributed by atoms with Crippen LogP contribution >= 0.6 is 0 Å². The number of nitrogens with zero attached hydrogens (tertiary/aromatic N) is 1. The molecule has 7 heteroatoms. The summed E-state index contributed by atoms with van der Waals surface area (Å²) in [7, 11) is 0. The molecule has 0 aromatic heterocycles. The molecule has 0 aliphatic heterocycles. The maximum atomic E-state index is 12.9. The van der Waals surface area contributed by atoms with Gasteiger partial charge in [-0.15, -0.1) is 0 Å². The maximum absolute atomic E-state index is 12.9. The van der Waals surface area contributed by atoms with Gasteiger partial charge in [-0.25, -0.2) is 4.79 Å². The Bertz CT molecular complexity index is 1170. The molecule has 2 N–H and O–H groups in total. The molecule has 0 saturated heterocycles. The van der Waals surface area contributed by atoms with Crippen LogP contribution < -0.4 is 10.2 Å². The van der Waals surface area contributed by atoms with Crippen molar-refractivity contribution in [2.75, 3.05) is 18.1 Å². The van der Waals surface area contributed by atoms with Gasteiger partial charge in [0, 0.05) is 30.6 Å². The molecule has 180 valence electrons. The molecule has 7 nitrogen and oxygen atoms in total. The van der Waals surface area contributed by atoms with Gasteiger partial charge in [-0.1, -0.05) is 66.7 Å². The van der Waals surface area contributed by atoms with Crippen LogP contribution in [0.3, 0.4) is 0 Å². The van der Waals surface area contributed by atoms with Gasteiger partial charge in [0.2, 0.25) is 5.91 Å². The lowest BCUT2D eigenvalue weighted by atomic mass is 9.98. The molecule has 0 fully saturated rings. The van der Waals surface area contributed by atoms with Crippen molar-refractivity contribution in [1.82, 2.24) is 5.32 Å². The summed E-state index contributed by atoms with van der Waals surface area (Å²) >= 11 is 0. The van der Waals surface area contributed by atoms with E-state index < -0.39 is 18.1 Å². The number of fused-ring (bicyclic) bond motifs is 3. The van der Waals surface area contributed by atoms with Gasteiger partial charge in [-0.05, 0) is 41.3 Å². The third kappa shape index (κ3) is 5.69. The number of carboxylic acids is 1. The van der Waals surface area contributed by atoms with Gasteiger partial charge in [-0.2, -0.15) is 0 Å². The quantitative estimate of drug-likeness (QED) is 0.466. The fourth-order valence-corrected chi connectivity index (χ4v) is 4.48. The van der Waals surface area contributed by atoms with Gasteiger partial charge in [-0.3, -0.25) is 9.59 Å². The number of anilines is 1. The number of hydrogen-bond donors (Lipinski definition) is 2. The molecular weight excluding hydrogens is 444 g/mol.